The normalized spacial score (nSPS) is 12.3. The van der Waals surface area contributed by atoms with Gasteiger partial charge in [-0.25, -0.2) is 12.8 Å². The Morgan fingerprint density at radius 1 is 0.953 bits per heavy atom. The summed E-state index contributed by atoms with van der Waals surface area (Å²) >= 11 is 0. The molecule has 3 aromatic rings. The summed E-state index contributed by atoms with van der Waals surface area (Å²) in [6, 6.07) is 15.5. The minimum absolute atomic E-state index is 0.0737. The Hall–Kier alpha value is -4.12. The van der Waals surface area contributed by atoms with E-state index in [0.717, 1.165) is 27.6 Å². The SMILES string of the molecule is CCC(C(=O)NC(C)(C)C)N(Cc1cccc(C)c1)C(=O)CN(c1ccc(F)cc1)S(=O)(=O)c1ccc(OC)c(OC)c1. The Morgan fingerprint density at radius 2 is 1.60 bits per heavy atom. The lowest BCUT2D eigenvalue weighted by molar-refractivity contribution is -0.141. The molecule has 0 radical (unpaired) electrons. The van der Waals surface area contributed by atoms with E-state index in [2.05, 4.69) is 5.32 Å². The second kappa shape index (κ2) is 13.9. The van der Waals surface area contributed by atoms with Gasteiger partial charge in [0.15, 0.2) is 11.5 Å². The zero-order chi connectivity index (χ0) is 31.9. The van der Waals surface area contributed by atoms with Crippen LogP contribution < -0.4 is 19.1 Å². The standard InChI is InChI=1S/C32H40FN3O6S/c1-8-27(31(38)34-32(3,4)5)35(20-23-11-9-10-22(2)18-23)30(37)21-36(25-14-12-24(33)13-15-25)43(39,40)26-16-17-28(41-6)29(19-26)42-7/h9-19,27H,8,20-21H2,1-7H3,(H,34,38). The summed E-state index contributed by atoms with van der Waals surface area (Å²) in [6.07, 6.45) is 0.290. The first-order valence-corrected chi connectivity index (χ1v) is 15.3. The predicted molar refractivity (Wildman–Crippen MR) is 164 cm³/mol. The van der Waals surface area contributed by atoms with Gasteiger partial charge >= 0.3 is 0 Å². The van der Waals surface area contributed by atoms with Crippen molar-refractivity contribution >= 4 is 27.5 Å². The van der Waals surface area contributed by atoms with Crippen molar-refractivity contribution in [2.24, 2.45) is 0 Å². The Kier molecular flexibility index (Phi) is 10.8. The number of ether oxygens (including phenoxy) is 2. The largest absolute Gasteiger partial charge is 0.493 e. The number of methoxy groups -OCH3 is 2. The molecule has 0 aliphatic heterocycles. The van der Waals surface area contributed by atoms with Crippen molar-refractivity contribution in [3.63, 3.8) is 0 Å². The van der Waals surface area contributed by atoms with E-state index in [4.69, 9.17) is 9.47 Å². The third-order valence-corrected chi connectivity index (χ3v) is 8.43. The molecule has 2 amide bonds. The van der Waals surface area contributed by atoms with Crippen LogP contribution in [0.4, 0.5) is 10.1 Å². The van der Waals surface area contributed by atoms with Crippen LogP contribution in [-0.4, -0.2) is 57.5 Å². The maximum Gasteiger partial charge on any atom is 0.264 e. The highest BCUT2D eigenvalue weighted by atomic mass is 32.2. The molecule has 0 aliphatic carbocycles. The summed E-state index contributed by atoms with van der Waals surface area (Å²) in [5, 5.41) is 2.94. The van der Waals surface area contributed by atoms with Gasteiger partial charge in [0.25, 0.3) is 10.0 Å². The summed E-state index contributed by atoms with van der Waals surface area (Å²) in [7, 11) is -1.58. The average molecular weight is 614 g/mol. The van der Waals surface area contributed by atoms with Crippen LogP contribution in [0.1, 0.15) is 45.2 Å². The van der Waals surface area contributed by atoms with Crippen molar-refractivity contribution in [3.8, 4) is 11.5 Å². The molecule has 11 heteroatoms. The highest BCUT2D eigenvalue weighted by molar-refractivity contribution is 7.92. The van der Waals surface area contributed by atoms with Crippen LogP contribution in [0.15, 0.2) is 71.6 Å². The molecule has 0 saturated heterocycles. The summed E-state index contributed by atoms with van der Waals surface area (Å²) in [6.45, 7) is 8.67. The second-order valence-corrected chi connectivity index (χ2v) is 13.0. The van der Waals surface area contributed by atoms with Gasteiger partial charge in [-0.05, 0) is 76.1 Å². The number of halogens is 1. The third kappa shape index (κ3) is 8.47. The van der Waals surface area contributed by atoms with Gasteiger partial charge in [-0.3, -0.25) is 13.9 Å². The van der Waals surface area contributed by atoms with E-state index in [1.807, 2.05) is 52.0 Å². The zero-order valence-electron chi connectivity index (χ0n) is 25.7. The number of carbonyl (C=O) groups excluding carboxylic acids is 2. The fourth-order valence-corrected chi connectivity index (χ4v) is 6.05. The Balaban J connectivity index is 2.11. The molecule has 9 nitrogen and oxygen atoms in total. The van der Waals surface area contributed by atoms with Crippen LogP contribution in [0, 0.1) is 12.7 Å². The topological polar surface area (TPSA) is 105 Å². The van der Waals surface area contributed by atoms with Crippen LogP contribution in [0.5, 0.6) is 11.5 Å². The number of anilines is 1. The Bertz CT molecular complexity index is 1540. The van der Waals surface area contributed by atoms with Gasteiger partial charge in [-0.15, -0.1) is 0 Å². The molecule has 0 aliphatic rings. The van der Waals surface area contributed by atoms with E-state index in [1.54, 1.807) is 6.92 Å². The van der Waals surface area contributed by atoms with E-state index < -0.39 is 39.9 Å². The van der Waals surface area contributed by atoms with Gasteiger partial charge in [0.1, 0.15) is 18.4 Å². The quantitative estimate of drug-likeness (QED) is 0.306. The molecular weight excluding hydrogens is 573 g/mol. The molecule has 1 unspecified atom stereocenters. The summed E-state index contributed by atoms with van der Waals surface area (Å²) in [4.78, 5) is 28.8. The molecule has 232 valence electrons. The smallest absolute Gasteiger partial charge is 0.264 e. The number of hydrogen-bond donors (Lipinski definition) is 1. The number of nitrogens with zero attached hydrogens (tertiary/aromatic N) is 2. The summed E-state index contributed by atoms with van der Waals surface area (Å²) < 4.78 is 53.5. The van der Waals surface area contributed by atoms with Gasteiger partial charge in [-0.1, -0.05) is 36.8 Å². The van der Waals surface area contributed by atoms with Gasteiger partial charge in [0, 0.05) is 18.2 Å². The molecule has 1 atom stereocenters. The van der Waals surface area contributed by atoms with Crippen molar-refractivity contribution < 1.29 is 31.9 Å². The highest BCUT2D eigenvalue weighted by Crippen LogP contribution is 2.32. The minimum Gasteiger partial charge on any atom is -0.493 e. The number of benzene rings is 3. The number of rotatable bonds is 12. The molecule has 3 aromatic carbocycles. The lowest BCUT2D eigenvalue weighted by atomic mass is 10.0. The minimum atomic E-state index is -4.39. The Morgan fingerprint density at radius 3 is 2.16 bits per heavy atom. The van der Waals surface area contributed by atoms with Crippen molar-refractivity contribution in [1.29, 1.82) is 0 Å². The summed E-state index contributed by atoms with van der Waals surface area (Å²) in [5.41, 5.74) is 1.28. The van der Waals surface area contributed by atoms with Crippen molar-refractivity contribution in [1.82, 2.24) is 10.2 Å². The maximum absolute atomic E-state index is 14.2. The maximum atomic E-state index is 14.2. The lowest BCUT2D eigenvalue weighted by Gasteiger charge is -2.35. The van der Waals surface area contributed by atoms with E-state index in [-0.39, 0.29) is 28.8 Å². The van der Waals surface area contributed by atoms with Crippen LogP contribution in [-0.2, 0) is 26.2 Å². The van der Waals surface area contributed by atoms with Gasteiger partial charge < -0.3 is 19.7 Å². The second-order valence-electron chi connectivity index (χ2n) is 11.2. The molecule has 0 fully saturated rings. The zero-order valence-corrected chi connectivity index (χ0v) is 26.5. The first-order chi connectivity index (χ1) is 20.2. The van der Waals surface area contributed by atoms with Crippen molar-refractivity contribution in [2.75, 3.05) is 25.1 Å². The molecule has 1 N–H and O–H groups in total. The van der Waals surface area contributed by atoms with Crippen LogP contribution in [0.2, 0.25) is 0 Å². The van der Waals surface area contributed by atoms with Crippen LogP contribution in [0.3, 0.4) is 0 Å². The molecule has 43 heavy (non-hydrogen) atoms. The third-order valence-electron chi connectivity index (χ3n) is 6.66. The lowest BCUT2D eigenvalue weighted by Crippen LogP contribution is -2.55. The fraction of sp³-hybridized carbons (Fsp3) is 0.375. The van der Waals surface area contributed by atoms with E-state index >= 15 is 0 Å². The molecule has 0 bridgehead atoms. The van der Waals surface area contributed by atoms with Crippen LogP contribution in [0.25, 0.3) is 0 Å². The van der Waals surface area contributed by atoms with E-state index in [1.165, 1.54) is 49.5 Å². The number of nitrogens with one attached hydrogen (secondary N) is 1. The number of sulfonamides is 1. The molecule has 0 heterocycles. The van der Waals surface area contributed by atoms with Crippen molar-refractivity contribution in [2.45, 2.75) is 64.1 Å². The van der Waals surface area contributed by atoms with Gasteiger partial charge in [-0.2, -0.15) is 0 Å². The first-order valence-electron chi connectivity index (χ1n) is 13.9. The number of aryl methyl sites for hydroxylation is 1. The molecular formula is C32H40FN3O6S. The monoisotopic (exact) mass is 613 g/mol. The van der Waals surface area contributed by atoms with E-state index in [9.17, 15) is 22.4 Å². The number of carbonyl (C=O) groups is 2. The number of hydrogen-bond acceptors (Lipinski definition) is 6. The van der Waals surface area contributed by atoms with Gasteiger partial charge in [0.05, 0.1) is 24.8 Å². The molecule has 3 rings (SSSR count). The van der Waals surface area contributed by atoms with Crippen molar-refractivity contribution in [3.05, 3.63) is 83.7 Å². The summed E-state index contributed by atoms with van der Waals surface area (Å²) in [5.74, 6) is -1.02. The average Bonchev–Trinajstić information content (AvgIpc) is 2.94. The van der Waals surface area contributed by atoms with Gasteiger partial charge in [0.2, 0.25) is 11.8 Å². The molecule has 0 aromatic heterocycles. The highest BCUT2D eigenvalue weighted by Gasteiger charge is 2.35. The predicted octanol–water partition coefficient (Wildman–Crippen LogP) is 5.07. The Labute approximate surface area is 253 Å². The fourth-order valence-electron chi connectivity index (χ4n) is 4.62. The van der Waals surface area contributed by atoms with E-state index in [0.29, 0.717) is 12.2 Å². The molecule has 0 spiro atoms. The molecule has 0 saturated carbocycles. The number of amides is 2. The van der Waals surface area contributed by atoms with Crippen LogP contribution >= 0.6 is 0 Å². The first kappa shape index (κ1) is 33.4.